The molecule has 1 N–H and O–H groups in total. The van der Waals surface area contributed by atoms with Gasteiger partial charge in [0.25, 0.3) is 10.0 Å². The maximum atomic E-state index is 13.0. The van der Waals surface area contributed by atoms with Gasteiger partial charge in [-0.1, -0.05) is 48.5 Å². The zero-order valence-electron chi connectivity index (χ0n) is 16.6. The van der Waals surface area contributed by atoms with Crippen LogP contribution < -0.4 is 14.4 Å². The highest BCUT2D eigenvalue weighted by atomic mass is 32.2. The second kappa shape index (κ2) is 9.28. The van der Waals surface area contributed by atoms with Crippen molar-refractivity contribution in [2.75, 3.05) is 12.0 Å². The van der Waals surface area contributed by atoms with Gasteiger partial charge in [-0.2, -0.15) is 0 Å². The lowest BCUT2D eigenvalue weighted by atomic mass is 10.1. The summed E-state index contributed by atoms with van der Waals surface area (Å²) in [5, 5.41) is 1.04. The van der Waals surface area contributed by atoms with Gasteiger partial charge in [-0.3, -0.25) is 4.90 Å². The third-order valence-electron chi connectivity index (χ3n) is 4.34. The number of methoxy groups -OCH3 is 1. The van der Waals surface area contributed by atoms with Gasteiger partial charge in [0.2, 0.25) is 0 Å². The Kier molecular flexibility index (Phi) is 6.54. The molecule has 30 heavy (non-hydrogen) atoms. The Morgan fingerprint density at radius 3 is 1.83 bits per heavy atom. The number of hydrogen-bond acceptors (Lipinski definition) is 4. The normalized spacial score (nSPS) is 11.6. The van der Waals surface area contributed by atoms with Crippen LogP contribution in [0.5, 0.6) is 5.75 Å². The molecule has 3 aromatic carbocycles. The van der Waals surface area contributed by atoms with Gasteiger partial charge in [-0.25, -0.2) is 17.9 Å². The van der Waals surface area contributed by atoms with Gasteiger partial charge in [0, 0.05) is 0 Å². The Balaban J connectivity index is 1.87. The minimum Gasteiger partial charge on any atom is -0.497 e. The van der Waals surface area contributed by atoms with Crippen LogP contribution in [0, 0.1) is 0 Å². The molecule has 6 nitrogen and oxygen atoms in total. The van der Waals surface area contributed by atoms with Crippen LogP contribution in [0.2, 0.25) is 0 Å². The molecule has 2 amide bonds. The standard InChI is InChI=1S/C23H22N2O4S/c1-18(19-13-15-22(29-2)16-14-19)17-30(27,28)24-23(26)25(20-9-5-3-6-10-20)21-11-7-4-8-12-21/h3-17H,1-2H3,(H,24,26)/b18-17+. The molecule has 154 valence electrons. The summed E-state index contributed by atoms with van der Waals surface area (Å²) in [4.78, 5) is 14.3. The summed E-state index contributed by atoms with van der Waals surface area (Å²) in [7, 11) is -2.48. The SMILES string of the molecule is COc1ccc(/C(C)=C/S(=O)(=O)NC(=O)N(c2ccccc2)c2ccccc2)cc1. The fourth-order valence-corrected chi connectivity index (χ4v) is 3.88. The van der Waals surface area contributed by atoms with E-state index in [-0.39, 0.29) is 0 Å². The smallest absolute Gasteiger partial charge is 0.340 e. The number of nitrogens with zero attached hydrogens (tertiary/aromatic N) is 1. The molecule has 7 heteroatoms. The van der Waals surface area contributed by atoms with E-state index >= 15 is 0 Å². The molecule has 0 aliphatic rings. The van der Waals surface area contributed by atoms with Crippen LogP contribution >= 0.6 is 0 Å². The summed E-state index contributed by atoms with van der Waals surface area (Å²) in [6, 6.07) is 23.9. The van der Waals surface area contributed by atoms with Crippen molar-refractivity contribution >= 4 is 33.0 Å². The van der Waals surface area contributed by atoms with Crippen LogP contribution in [0.1, 0.15) is 12.5 Å². The molecule has 0 radical (unpaired) electrons. The van der Waals surface area contributed by atoms with Crippen LogP contribution in [0.4, 0.5) is 16.2 Å². The first kappa shape index (κ1) is 21.1. The molecule has 3 rings (SSSR count). The van der Waals surface area contributed by atoms with Gasteiger partial charge in [0.05, 0.1) is 23.9 Å². The van der Waals surface area contributed by atoms with Crippen LogP contribution in [-0.2, 0) is 10.0 Å². The monoisotopic (exact) mass is 422 g/mol. The van der Waals surface area contributed by atoms with Crippen molar-refractivity contribution in [1.82, 2.24) is 4.72 Å². The van der Waals surface area contributed by atoms with E-state index < -0.39 is 16.1 Å². The third-order valence-corrected chi connectivity index (χ3v) is 5.46. The number of anilines is 2. The average molecular weight is 423 g/mol. The van der Waals surface area contributed by atoms with Crippen molar-refractivity contribution in [3.8, 4) is 5.75 Å². The Hall–Kier alpha value is -3.58. The summed E-state index contributed by atoms with van der Waals surface area (Å²) in [6.07, 6.45) is 0. The second-order valence-electron chi connectivity index (χ2n) is 6.49. The number of nitrogens with one attached hydrogen (secondary N) is 1. The lowest BCUT2D eigenvalue weighted by molar-refractivity contribution is 0.253. The minimum atomic E-state index is -4.04. The van der Waals surface area contributed by atoms with E-state index in [0.717, 1.165) is 5.41 Å². The van der Waals surface area contributed by atoms with Crippen molar-refractivity contribution in [1.29, 1.82) is 0 Å². The maximum Gasteiger partial charge on any atom is 0.340 e. The van der Waals surface area contributed by atoms with Crippen LogP contribution in [0.25, 0.3) is 5.57 Å². The van der Waals surface area contributed by atoms with E-state index in [9.17, 15) is 13.2 Å². The van der Waals surface area contributed by atoms with Crippen molar-refractivity contribution in [2.24, 2.45) is 0 Å². The molecule has 0 heterocycles. The minimum absolute atomic E-state index is 0.490. The number of carbonyl (C=O) groups is 1. The van der Waals surface area contributed by atoms with Gasteiger partial charge >= 0.3 is 6.03 Å². The number of benzene rings is 3. The fourth-order valence-electron chi connectivity index (χ4n) is 2.89. The Morgan fingerprint density at radius 2 is 1.37 bits per heavy atom. The number of carbonyl (C=O) groups excluding carboxylic acids is 1. The molecule has 0 fully saturated rings. The molecule has 0 bridgehead atoms. The number of amides is 2. The zero-order chi connectivity index (χ0) is 21.6. The largest absolute Gasteiger partial charge is 0.497 e. The maximum absolute atomic E-state index is 13.0. The lowest BCUT2D eigenvalue weighted by Crippen LogP contribution is -2.39. The van der Waals surface area contributed by atoms with E-state index in [2.05, 4.69) is 4.72 Å². The Bertz CT molecular complexity index is 1090. The summed E-state index contributed by atoms with van der Waals surface area (Å²) in [6.45, 7) is 1.66. The molecule has 0 spiro atoms. The van der Waals surface area contributed by atoms with Crippen LogP contribution in [0.15, 0.2) is 90.3 Å². The fraction of sp³-hybridized carbons (Fsp3) is 0.0870. The van der Waals surface area contributed by atoms with E-state index in [1.807, 2.05) is 12.1 Å². The van der Waals surface area contributed by atoms with Crippen molar-refractivity contribution in [2.45, 2.75) is 6.92 Å². The predicted octanol–water partition coefficient (Wildman–Crippen LogP) is 4.93. The molecule has 0 aliphatic carbocycles. The van der Waals surface area contributed by atoms with Crippen molar-refractivity contribution < 1.29 is 17.9 Å². The molecule has 0 atom stereocenters. The highest BCUT2D eigenvalue weighted by Crippen LogP contribution is 2.25. The molecule has 0 saturated heterocycles. The highest BCUT2D eigenvalue weighted by Gasteiger charge is 2.22. The Labute approximate surface area is 176 Å². The number of allylic oxidation sites excluding steroid dienone is 1. The van der Waals surface area contributed by atoms with Crippen LogP contribution in [-0.4, -0.2) is 21.6 Å². The quantitative estimate of drug-likeness (QED) is 0.611. The first-order chi connectivity index (χ1) is 14.4. The Morgan fingerprint density at radius 1 is 0.867 bits per heavy atom. The third kappa shape index (κ3) is 5.27. The van der Waals surface area contributed by atoms with E-state index in [1.54, 1.807) is 86.8 Å². The number of urea groups is 1. The number of sulfonamides is 1. The number of ether oxygens (including phenoxy) is 1. The molecule has 0 saturated carbocycles. The number of hydrogen-bond donors (Lipinski definition) is 1. The lowest BCUT2D eigenvalue weighted by Gasteiger charge is -2.23. The second-order valence-corrected chi connectivity index (χ2v) is 8.02. The molecule has 0 aliphatic heterocycles. The molecule has 3 aromatic rings. The van der Waals surface area contributed by atoms with Gasteiger partial charge in [-0.15, -0.1) is 0 Å². The highest BCUT2D eigenvalue weighted by molar-refractivity contribution is 7.93. The summed E-state index contributed by atoms with van der Waals surface area (Å²) < 4.78 is 32.6. The van der Waals surface area contributed by atoms with Crippen LogP contribution in [0.3, 0.4) is 0 Å². The molecular formula is C23H22N2O4S. The molecule has 0 unspecified atom stereocenters. The van der Waals surface area contributed by atoms with Gasteiger partial charge < -0.3 is 4.74 Å². The average Bonchev–Trinajstić information content (AvgIpc) is 2.74. The molecule has 0 aromatic heterocycles. The first-order valence-electron chi connectivity index (χ1n) is 9.19. The van der Waals surface area contributed by atoms with E-state index in [4.69, 9.17) is 4.74 Å². The topological polar surface area (TPSA) is 75.7 Å². The van der Waals surface area contributed by atoms with Gasteiger partial charge in [0.1, 0.15) is 5.75 Å². The summed E-state index contributed by atoms with van der Waals surface area (Å²) in [5.41, 5.74) is 2.29. The molecular weight excluding hydrogens is 400 g/mol. The van der Waals surface area contributed by atoms with Crippen molar-refractivity contribution in [3.05, 3.63) is 95.9 Å². The summed E-state index contributed by atoms with van der Waals surface area (Å²) >= 11 is 0. The van der Waals surface area contributed by atoms with Gasteiger partial charge in [-0.05, 0) is 54.5 Å². The summed E-state index contributed by atoms with van der Waals surface area (Å²) in [5.74, 6) is 0.670. The van der Waals surface area contributed by atoms with Gasteiger partial charge in [0.15, 0.2) is 0 Å². The van der Waals surface area contributed by atoms with Crippen molar-refractivity contribution in [3.63, 3.8) is 0 Å². The first-order valence-corrected chi connectivity index (χ1v) is 10.7. The van der Waals surface area contributed by atoms with E-state index in [0.29, 0.717) is 28.3 Å². The predicted molar refractivity (Wildman–Crippen MR) is 119 cm³/mol. The van der Waals surface area contributed by atoms with E-state index in [1.165, 1.54) is 4.90 Å². The number of para-hydroxylation sites is 2. The zero-order valence-corrected chi connectivity index (χ0v) is 17.5. The number of rotatable bonds is 6.